The van der Waals surface area contributed by atoms with Crippen molar-refractivity contribution < 1.29 is 0 Å². The van der Waals surface area contributed by atoms with Crippen molar-refractivity contribution in [3.63, 3.8) is 0 Å². The van der Waals surface area contributed by atoms with Crippen LogP contribution in [0.2, 0.25) is 0 Å². The third kappa shape index (κ3) is 2.51. The maximum Gasteiger partial charge on any atom is 0.111 e. The number of nitrogens with zero attached hydrogens (tertiary/aromatic N) is 4. The highest BCUT2D eigenvalue weighted by atomic mass is 15.2. The number of fused-ring (bicyclic) bond motifs is 5. The largest absolute Gasteiger partial charge is 0.328 e. The lowest BCUT2D eigenvalue weighted by molar-refractivity contribution is 0.231. The van der Waals surface area contributed by atoms with Gasteiger partial charge in [0.15, 0.2) is 0 Å². The van der Waals surface area contributed by atoms with Gasteiger partial charge in [-0.2, -0.15) is 0 Å². The number of aryl methyl sites for hydroxylation is 1. The van der Waals surface area contributed by atoms with E-state index in [-0.39, 0.29) is 0 Å². The van der Waals surface area contributed by atoms with E-state index in [0.717, 1.165) is 18.5 Å². The van der Waals surface area contributed by atoms with Gasteiger partial charge in [-0.05, 0) is 67.3 Å². The predicted octanol–water partition coefficient (Wildman–Crippen LogP) is 4.37. The Labute approximate surface area is 159 Å². The molecule has 4 aromatic rings. The molecule has 1 atom stereocenters. The number of aromatic nitrogens is 3. The van der Waals surface area contributed by atoms with Crippen LogP contribution in [-0.2, 0) is 13.0 Å². The monoisotopic (exact) mass is 356 g/mol. The van der Waals surface area contributed by atoms with Crippen LogP contribution < -0.4 is 0 Å². The number of imidazole rings is 1. The van der Waals surface area contributed by atoms with Crippen LogP contribution in [0.5, 0.6) is 0 Å². The SMILES string of the molecule is c1cc2ccc(-c3ccc4c(c3)nc3n4CCCN4CCCC4C3)cn2c1. The van der Waals surface area contributed by atoms with E-state index in [9.17, 15) is 0 Å². The summed E-state index contributed by atoms with van der Waals surface area (Å²) < 4.78 is 4.66. The first-order valence-corrected chi connectivity index (χ1v) is 10.2. The Morgan fingerprint density at radius 3 is 2.85 bits per heavy atom. The van der Waals surface area contributed by atoms with Crippen LogP contribution >= 0.6 is 0 Å². The lowest BCUT2D eigenvalue weighted by Crippen LogP contribution is -2.35. The first-order valence-electron chi connectivity index (χ1n) is 10.2. The first kappa shape index (κ1) is 15.5. The number of rotatable bonds is 1. The molecular weight excluding hydrogens is 332 g/mol. The second kappa shape index (κ2) is 5.96. The summed E-state index contributed by atoms with van der Waals surface area (Å²) in [7, 11) is 0. The van der Waals surface area contributed by atoms with Gasteiger partial charge in [-0.25, -0.2) is 4.98 Å². The smallest absolute Gasteiger partial charge is 0.111 e. The Balaban J connectivity index is 1.43. The Morgan fingerprint density at radius 2 is 1.85 bits per heavy atom. The minimum Gasteiger partial charge on any atom is -0.328 e. The molecule has 1 saturated heterocycles. The van der Waals surface area contributed by atoms with E-state index >= 15 is 0 Å². The number of benzene rings is 1. The summed E-state index contributed by atoms with van der Waals surface area (Å²) in [4.78, 5) is 7.76. The lowest BCUT2D eigenvalue weighted by Gasteiger charge is -2.27. The van der Waals surface area contributed by atoms with Crippen LogP contribution in [-0.4, -0.2) is 38.0 Å². The normalized spacial score (nSPS) is 20.5. The van der Waals surface area contributed by atoms with Gasteiger partial charge in [0.25, 0.3) is 0 Å². The Bertz CT molecular complexity index is 1140. The highest BCUT2D eigenvalue weighted by molar-refractivity contribution is 5.83. The molecule has 1 aromatic carbocycles. The minimum absolute atomic E-state index is 0.691. The van der Waals surface area contributed by atoms with Crippen molar-refractivity contribution in [1.82, 2.24) is 18.9 Å². The van der Waals surface area contributed by atoms with Crippen molar-refractivity contribution in [3.05, 3.63) is 60.7 Å². The van der Waals surface area contributed by atoms with Crippen LogP contribution in [0.15, 0.2) is 54.9 Å². The van der Waals surface area contributed by atoms with Crippen molar-refractivity contribution in [2.75, 3.05) is 13.1 Å². The molecule has 136 valence electrons. The van der Waals surface area contributed by atoms with Crippen LogP contribution in [0.1, 0.15) is 25.1 Å². The van der Waals surface area contributed by atoms with Crippen LogP contribution in [0.3, 0.4) is 0 Å². The summed E-state index contributed by atoms with van der Waals surface area (Å²) in [5.74, 6) is 1.28. The van der Waals surface area contributed by atoms with Crippen molar-refractivity contribution in [1.29, 1.82) is 0 Å². The lowest BCUT2D eigenvalue weighted by atomic mass is 10.1. The van der Waals surface area contributed by atoms with Crippen LogP contribution in [0, 0.1) is 0 Å². The van der Waals surface area contributed by atoms with E-state index in [0.29, 0.717) is 6.04 Å². The fourth-order valence-electron chi connectivity index (χ4n) is 5.03. The highest BCUT2D eigenvalue weighted by Gasteiger charge is 2.28. The summed E-state index contributed by atoms with van der Waals surface area (Å²) in [6.07, 6.45) is 9.30. The third-order valence-electron chi connectivity index (χ3n) is 6.43. The van der Waals surface area contributed by atoms with Gasteiger partial charge < -0.3 is 8.97 Å². The molecule has 1 unspecified atom stereocenters. The second-order valence-corrected chi connectivity index (χ2v) is 8.03. The molecule has 0 saturated carbocycles. The summed E-state index contributed by atoms with van der Waals surface area (Å²) in [5.41, 5.74) is 6.14. The van der Waals surface area contributed by atoms with Gasteiger partial charge in [0.1, 0.15) is 5.82 Å². The zero-order valence-corrected chi connectivity index (χ0v) is 15.5. The zero-order valence-electron chi connectivity index (χ0n) is 15.5. The predicted molar refractivity (Wildman–Crippen MR) is 109 cm³/mol. The van der Waals surface area contributed by atoms with E-state index in [1.165, 1.54) is 60.3 Å². The van der Waals surface area contributed by atoms with E-state index in [1.807, 2.05) is 0 Å². The average molecular weight is 356 g/mol. The van der Waals surface area contributed by atoms with E-state index < -0.39 is 0 Å². The fraction of sp³-hybridized carbons (Fsp3) is 0.348. The fourth-order valence-corrected chi connectivity index (χ4v) is 5.03. The third-order valence-corrected chi connectivity index (χ3v) is 6.43. The van der Waals surface area contributed by atoms with Gasteiger partial charge in [0.05, 0.1) is 11.0 Å². The van der Waals surface area contributed by atoms with Crippen LogP contribution in [0.25, 0.3) is 27.7 Å². The Hall–Kier alpha value is -2.59. The number of hydrogen-bond acceptors (Lipinski definition) is 2. The van der Waals surface area contributed by atoms with E-state index in [2.05, 4.69) is 68.7 Å². The molecule has 0 spiro atoms. The molecule has 4 heteroatoms. The molecule has 2 aliphatic rings. The number of pyridine rings is 1. The summed E-state index contributed by atoms with van der Waals surface area (Å²) in [6.45, 7) is 3.60. The van der Waals surface area contributed by atoms with Gasteiger partial charge in [0, 0.05) is 43.5 Å². The van der Waals surface area contributed by atoms with Gasteiger partial charge in [-0.15, -0.1) is 0 Å². The van der Waals surface area contributed by atoms with Crippen molar-refractivity contribution in [3.8, 4) is 11.1 Å². The molecule has 0 aliphatic carbocycles. The van der Waals surface area contributed by atoms with Crippen LogP contribution in [0.4, 0.5) is 0 Å². The molecule has 0 bridgehead atoms. The number of hydrogen-bond donors (Lipinski definition) is 0. The molecule has 2 aliphatic heterocycles. The average Bonchev–Trinajstić information content (AvgIpc) is 3.39. The van der Waals surface area contributed by atoms with E-state index in [1.54, 1.807) is 0 Å². The van der Waals surface area contributed by atoms with Crippen molar-refractivity contribution in [2.24, 2.45) is 0 Å². The summed E-state index contributed by atoms with van der Waals surface area (Å²) in [6, 6.07) is 16.1. The molecule has 6 rings (SSSR count). The summed E-state index contributed by atoms with van der Waals surface area (Å²) in [5, 5.41) is 0. The summed E-state index contributed by atoms with van der Waals surface area (Å²) >= 11 is 0. The molecule has 0 amide bonds. The first-order chi connectivity index (χ1) is 13.3. The maximum atomic E-state index is 5.08. The molecule has 1 fully saturated rings. The molecule has 5 heterocycles. The highest BCUT2D eigenvalue weighted by Crippen LogP contribution is 2.29. The van der Waals surface area contributed by atoms with Crippen molar-refractivity contribution >= 4 is 16.6 Å². The minimum atomic E-state index is 0.691. The van der Waals surface area contributed by atoms with Gasteiger partial charge in [0.2, 0.25) is 0 Å². The van der Waals surface area contributed by atoms with Gasteiger partial charge in [-0.1, -0.05) is 12.1 Å². The second-order valence-electron chi connectivity index (χ2n) is 8.03. The molecule has 3 aromatic heterocycles. The Kier molecular flexibility index (Phi) is 3.41. The molecule has 4 nitrogen and oxygen atoms in total. The zero-order chi connectivity index (χ0) is 17.8. The standard InChI is InChI=1S/C23H24N4/c1-4-19-8-6-18(16-26(19)11-1)17-7-9-22-21(14-17)24-23-15-20-5-2-10-25(20)12-3-13-27(22)23/h1,4,6-9,11,14,16,20H,2-3,5,10,12-13,15H2. The van der Waals surface area contributed by atoms with Gasteiger partial charge in [-0.3, -0.25) is 4.90 Å². The van der Waals surface area contributed by atoms with Crippen molar-refractivity contribution in [2.45, 2.75) is 38.3 Å². The Morgan fingerprint density at radius 1 is 0.926 bits per heavy atom. The topological polar surface area (TPSA) is 25.5 Å². The molecule has 0 radical (unpaired) electrons. The molecule has 0 N–H and O–H groups in total. The quantitative estimate of drug-likeness (QED) is 0.506. The van der Waals surface area contributed by atoms with E-state index in [4.69, 9.17) is 4.98 Å². The van der Waals surface area contributed by atoms with Gasteiger partial charge >= 0.3 is 0 Å². The molecular formula is C23H24N4. The molecule has 27 heavy (non-hydrogen) atoms. The maximum absolute atomic E-state index is 5.08.